The summed E-state index contributed by atoms with van der Waals surface area (Å²) in [6, 6.07) is 6.86. The van der Waals surface area contributed by atoms with Gasteiger partial charge in [0.25, 0.3) is 5.24 Å². The molecule has 92 valence electrons. The molecule has 0 saturated heterocycles. The average Bonchev–Trinajstić information content (AvgIpc) is 2.30. The van der Waals surface area contributed by atoms with Crippen LogP contribution in [0.25, 0.3) is 0 Å². The van der Waals surface area contributed by atoms with Gasteiger partial charge in [0, 0.05) is 9.92 Å². The number of thioether (sulfide) groups is 1. The highest BCUT2D eigenvalue weighted by Crippen LogP contribution is 2.20. The van der Waals surface area contributed by atoms with Gasteiger partial charge in [-0.25, -0.2) is 0 Å². The molecule has 0 spiro atoms. The summed E-state index contributed by atoms with van der Waals surface area (Å²) in [5.74, 6) is -0.447. The number of ether oxygens (including phenoxy) is 1. The molecular weight excluding hydrogens is 262 g/mol. The zero-order valence-corrected chi connectivity index (χ0v) is 10.8. The number of hydrogen-bond donors (Lipinski definition) is 1. The van der Waals surface area contributed by atoms with Crippen molar-refractivity contribution in [3.8, 4) is 0 Å². The first kappa shape index (κ1) is 13.9. The van der Waals surface area contributed by atoms with Crippen LogP contribution in [0.2, 0.25) is 5.02 Å². The van der Waals surface area contributed by atoms with Crippen LogP contribution in [0.5, 0.6) is 0 Å². The number of benzene rings is 1. The molecule has 0 bridgehead atoms. The summed E-state index contributed by atoms with van der Waals surface area (Å²) in [5.41, 5.74) is 0. The van der Waals surface area contributed by atoms with Gasteiger partial charge in [0.15, 0.2) is 0 Å². The molecule has 0 fully saturated rings. The topological polar surface area (TPSA) is 55.4 Å². The van der Waals surface area contributed by atoms with Crippen LogP contribution in [0.15, 0.2) is 29.2 Å². The molecule has 1 aromatic rings. The van der Waals surface area contributed by atoms with E-state index in [0.717, 1.165) is 16.7 Å². The molecule has 0 aliphatic rings. The molecule has 17 heavy (non-hydrogen) atoms. The van der Waals surface area contributed by atoms with Gasteiger partial charge in [0.05, 0.1) is 6.61 Å². The van der Waals surface area contributed by atoms with E-state index in [-0.39, 0.29) is 11.8 Å². The van der Waals surface area contributed by atoms with Crippen LogP contribution in [0.1, 0.15) is 6.92 Å². The maximum atomic E-state index is 11.4. The molecule has 0 atom stereocenters. The molecule has 0 aliphatic heterocycles. The molecule has 1 N–H and O–H groups in total. The van der Waals surface area contributed by atoms with Crippen molar-refractivity contribution in [1.82, 2.24) is 5.32 Å². The summed E-state index contributed by atoms with van der Waals surface area (Å²) < 4.78 is 4.68. The molecule has 0 heterocycles. The molecule has 0 unspecified atom stereocenters. The summed E-state index contributed by atoms with van der Waals surface area (Å²) in [7, 11) is 0. The van der Waals surface area contributed by atoms with E-state index in [1.54, 1.807) is 31.2 Å². The second kappa shape index (κ2) is 7.19. The number of nitrogens with one attached hydrogen (secondary N) is 1. The molecule has 0 radical (unpaired) electrons. The Morgan fingerprint density at radius 2 is 2.00 bits per heavy atom. The highest BCUT2D eigenvalue weighted by Gasteiger charge is 2.07. The van der Waals surface area contributed by atoms with Crippen molar-refractivity contribution >= 4 is 34.6 Å². The zero-order valence-electron chi connectivity index (χ0n) is 9.23. The number of hydrogen-bond acceptors (Lipinski definition) is 4. The van der Waals surface area contributed by atoms with Gasteiger partial charge in [-0.2, -0.15) is 0 Å². The van der Waals surface area contributed by atoms with E-state index in [4.69, 9.17) is 11.6 Å². The minimum Gasteiger partial charge on any atom is -0.465 e. The zero-order chi connectivity index (χ0) is 12.7. The SMILES string of the molecule is CCOC(=O)CNC(=O)Sc1ccc(Cl)cc1. The summed E-state index contributed by atoms with van der Waals surface area (Å²) in [6.45, 7) is 1.90. The molecule has 6 heteroatoms. The van der Waals surface area contributed by atoms with Gasteiger partial charge in [0.1, 0.15) is 6.54 Å². The quantitative estimate of drug-likeness (QED) is 0.677. The average molecular weight is 274 g/mol. The fraction of sp³-hybridized carbons (Fsp3) is 0.273. The van der Waals surface area contributed by atoms with Crippen LogP contribution in [-0.2, 0) is 9.53 Å². The Hall–Kier alpha value is -1.20. The lowest BCUT2D eigenvalue weighted by Crippen LogP contribution is -2.27. The van der Waals surface area contributed by atoms with Crippen LogP contribution >= 0.6 is 23.4 Å². The Morgan fingerprint density at radius 1 is 1.35 bits per heavy atom. The van der Waals surface area contributed by atoms with E-state index < -0.39 is 5.97 Å². The second-order valence-corrected chi connectivity index (χ2v) is 4.48. The van der Waals surface area contributed by atoms with Gasteiger partial charge in [-0.05, 0) is 43.0 Å². The van der Waals surface area contributed by atoms with E-state index in [0.29, 0.717) is 11.6 Å². The van der Waals surface area contributed by atoms with Crippen LogP contribution < -0.4 is 5.32 Å². The predicted octanol–water partition coefficient (Wildman–Crippen LogP) is 2.70. The van der Waals surface area contributed by atoms with Crippen LogP contribution in [-0.4, -0.2) is 24.4 Å². The third kappa shape index (κ3) is 5.60. The first-order valence-electron chi connectivity index (χ1n) is 4.98. The standard InChI is InChI=1S/C11H12ClNO3S/c1-2-16-10(14)7-13-11(15)17-9-5-3-8(12)4-6-9/h3-6H,2,7H2,1H3,(H,13,15). The normalized spacial score (nSPS) is 9.76. The number of carbonyl (C=O) groups is 2. The summed E-state index contributed by atoms with van der Waals surface area (Å²) in [5, 5.41) is 2.75. The minimum absolute atomic E-state index is 0.118. The van der Waals surface area contributed by atoms with E-state index in [1.165, 1.54) is 0 Å². The Bertz CT molecular complexity index is 394. The Kier molecular flexibility index (Phi) is 5.86. The molecule has 1 amide bonds. The number of halogens is 1. The van der Waals surface area contributed by atoms with E-state index >= 15 is 0 Å². The van der Waals surface area contributed by atoms with Crippen molar-refractivity contribution in [2.24, 2.45) is 0 Å². The molecule has 1 aromatic carbocycles. The van der Waals surface area contributed by atoms with E-state index in [9.17, 15) is 9.59 Å². The first-order chi connectivity index (χ1) is 8.11. The van der Waals surface area contributed by atoms with Crippen molar-refractivity contribution in [3.63, 3.8) is 0 Å². The number of esters is 1. The number of rotatable bonds is 4. The van der Waals surface area contributed by atoms with Gasteiger partial charge in [-0.15, -0.1) is 0 Å². The summed E-state index contributed by atoms with van der Waals surface area (Å²) in [6.07, 6.45) is 0. The predicted molar refractivity (Wildman–Crippen MR) is 67.3 cm³/mol. The van der Waals surface area contributed by atoms with Crippen molar-refractivity contribution in [1.29, 1.82) is 0 Å². The van der Waals surface area contributed by atoms with Gasteiger partial charge < -0.3 is 10.1 Å². The first-order valence-corrected chi connectivity index (χ1v) is 6.18. The van der Waals surface area contributed by atoms with Crippen molar-refractivity contribution in [3.05, 3.63) is 29.3 Å². The van der Waals surface area contributed by atoms with Gasteiger partial charge in [-0.1, -0.05) is 11.6 Å². The highest BCUT2D eigenvalue weighted by molar-refractivity contribution is 8.13. The molecule has 0 saturated carbocycles. The lowest BCUT2D eigenvalue weighted by Gasteiger charge is -2.04. The number of carbonyl (C=O) groups excluding carboxylic acids is 2. The van der Waals surface area contributed by atoms with Crippen LogP contribution in [0, 0.1) is 0 Å². The monoisotopic (exact) mass is 273 g/mol. The lowest BCUT2D eigenvalue weighted by molar-refractivity contribution is -0.141. The van der Waals surface area contributed by atoms with Crippen molar-refractivity contribution in [2.75, 3.05) is 13.2 Å². The van der Waals surface area contributed by atoms with Crippen LogP contribution in [0.3, 0.4) is 0 Å². The molecule has 1 rings (SSSR count). The highest BCUT2D eigenvalue weighted by atomic mass is 35.5. The summed E-state index contributed by atoms with van der Waals surface area (Å²) >= 11 is 6.71. The largest absolute Gasteiger partial charge is 0.465 e. The third-order valence-corrected chi connectivity index (χ3v) is 2.80. The Balaban J connectivity index is 2.34. The van der Waals surface area contributed by atoms with Crippen LogP contribution in [0.4, 0.5) is 4.79 Å². The molecule has 0 aromatic heterocycles. The van der Waals surface area contributed by atoms with E-state index in [2.05, 4.69) is 10.1 Å². The van der Waals surface area contributed by atoms with Gasteiger partial charge in [-0.3, -0.25) is 9.59 Å². The fourth-order valence-electron chi connectivity index (χ4n) is 1.00. The van der Waals surface area contributed by atoms with Gasteiger partial charge >= 0.3 is 5.97 Å². The van der Waals surface area contributed by atoms with E-state index in [1.807, 2.05) is 0 Å². The van der Waals surface area contributed by atoms with Crippen molar-refractivity contribution < 1.29 is 14.3 Å². The lowest BCUT2D eigenvalue weighted by atomic mass is 10.4. The molecule has 0 aliphatic carbocycles. The molecule has 4 nitrogen and oxygen atoms in total. The smallest absolute Gasteiger partial charge is 0.325 e. The van der Waals surface area contributed by atoms with Gasteiger partial charge in [0.2, 0.25) is 0 Å². The summed E-state index contributed by atoms with van der Waals surface area (Å²) in [4.78, 5) is 23.2. The fourth-order valence-corrected chi connectivity index (χ4v) is 1.76. The maximum absolute atomic E-state index is 11.4. The van der Waals surface area contributed by atoms with Crippen molar-refractivity contribution in [2.45, 2.75) is 11.8 Å². The number of amides is 1. The third-order valence-electron chi connectivity index (χ3n) is 1.71. The Morgan fingerprint density at radius 3 is 2.59 bits per heavy atom. The Labute approximate surface area is 109 Å². The second-order valence-electron chi connectivity index (χ2n) is 3.00. The molecular formula is C11H12ClNO3S. The maximum Gasteiger partial charge on any atom is 0.325 e. The minimum atomic E-state index is -0.447.